The van der Waals surface area contributed by atoms with Gasteiger partial charge in [-0.3, -0.25) is 9.80 Å². The molecule has 1 aliphatic rings. The lowest BCUT2D eigenvalue weighted by Crippen LogP contribution is -2.48. The van der Waals surface area contributed by atoms with E-state index >= 15 is 0 Å². The minimum absolute atomic E-state index is 0.0608. The number of para-hydroxylation sites is 2. The largest absolute Gasteiger partial charge is 0.335 e. The van der Waals surface area contributed by atoms with E-state index in [1.54, 1.807) is 4.90 Å². The van der Waals surface area contributed by atoms with Gasteiger partial charge < -0.3 is 5.32 Å². The molecule has 0 aromatic heterocycles. The first kappa shape index (κ1) is 18.2. The second-order valence-corrected chi connectivity index (χ2v) is 6.60. The van der Waals surface area contributed by atoms with Crippen LogP contribution >= 0.6 is 0 Å². The summed E-state index contributed by atoms with van der Waals surface area (Å²) >= 11 is 0. The maximum Gasteiger partial charge on any atom is 0.326 e. The van der Waals surface area contributed by atoms with Crippen LogP contribution in [0.25, 0.3) is 0 Å². The first-order valence-electron chi connectivity index (χ1n) is 9.32. The van der Waals surface area contributed by atoms with Crippen LogP contribution in [0.2, 0.25) is 0 Å². The van der Waals surface area contributed by atoms with E-state index in [-0.39, 0.29) is 12.1 Å². The zero-order valence-corrected chi connectivity index (χ0v) is 15.3. The average Bonchev–Trinajstić information content (AvgIpc) is 2.69. The monoisotopic (exact) mass is 349 g/mol. The highest BCUT2D eigenvalue weighted by molar-refractivity contribution is 5.99. The number of nitrogens with zero attached hydrogens (tertiary/aromatic N) is 2. The van der Waals surface area contributed by atoms with Crippen LogP contribution in [0.4, 0.5) is 16.2 Å². The van der Waals surface area contributed by atoms with Crippen LogP contribution in [0.5, 0.6) is 0 Å². The standard InChI is InChI=1S/C22H27N3O/c1-2-3-16-24-17-14-19(15-18-24)23-22(26)25(20-10-6-4-7-11-20)21-12-8-5-9-13-21/h2-13,19H,14-18H2,1H3,(H,23,26)/b3-2+. The van der Waals surface area contributed by atoms with Gasteiger partial charge in [-0.05, 0) is 44.0 Å². The zero-order valence-electron chi connectivity index (χ0n) is 15.3. The van der Waals surface area contributed by atoms with Crippen LogP contribution in [-0.2, 0) is 0 Å². The van der Waals surface area contributed by atoms with Crippen molar-refractivity contribution in [1.29, 1.82) is 0 Å². The fraction of sp³-hybridized carbons (Fsp3) is 0.318. The smallest absolute Gasteiger partial charge is 0.326 e. The Morgan fingerprint density at radius 1 is 1.04 bits per heavy atom. The third-order valence-corrected chi connectivity index (χ3v) is 4.75. The molecule has 0 radical (unpaired) electrons. The van der Waals surface area contributed by atoms with E-state index in [2.05, 4.69) is 29.3 Å². The first-order chi connectivity index (χ1) is 12.8. The number of hydrogen-bond donors (Lipinski definition) is 1. The first-order valence-corrected chi connectivity index (χ1v) is 9.32. The third-order valence-electron chi connectivity index (χ3n) is 4.75. The molecular weight excluding hydrogens is 322 g/mol. The van der Waals surface area contributed by atoms with Crippen molar-refractivity contribution in [1.82, 2.24) is 10.2 Å². The SMILES string of the molecule is C/C=C/CN1CCC(NC(=O)N(c2ccccc2)c2ccccc2)CC1. The van der Waals surface area contributed by atoms with Crippen molar-refractivity contribution in [3.63, 3.8) is 0 Å². The van der Waals surface area contributed by atoms with Gasteiger partial charge in [-0.2, -0.15) is 0 Å². The fourth-order valence-electron chi connectivity index (χ4n) is 3.29. The van der Waals surface area contributed by atoms with Crippen molar-refractivity contribution >= 4 is 17.4 Å². The van der Waals surface area contributed by atoms with Crippen LogP contribution < -0.4 is 10.2 Å². The molecule has 0 saturated carbocycles. The van der Waals surface area contributed by atoms with Crippen LogP contribution in [0.1, 0.15) is 19.8 Å². The Balaban J connectivity index is 1.67. The number of benzene rings is 2. The predicted molar refractivity (Wildman–Crippen MR) is 108 cm³/mol. The van der Waals surface area contributed by atoms with Crippen molar-refractivity contribution in [2.24, 2.45) is 0 Å². The molecule has 26 heavy (non-hydrogen) atoms. The molecule has 2 aromatic rings. The molecule has 0 aliphatic carbocycles. The Bertz CT molecular complexity index is 667. The molecule has 4 heteroatoms. The number of urea groups is 1. The number of amides is 2. The molecule has 1 heterocycles. The molecule has 1 aliphatic heterocycles. The van der Waals surface area contributed by atoms with Gasteiger partial charge in [0.05, 0.1) is 11.4 Å². The number of hydrogen-bond acceptors (Lipinski definition) is 2. The highest BCUT2D eigenvalue weighted by Crippen LogP contribution is 2.25. The molecular formula is C22H27N3O. The molecule has 0 unspecified atom stereocenters. The van der Waals surface area contributed by atoms with Gasteiger partial charge in [-0.25, -0.2) is 4.79 Å². The number of allylic oxidation sites excluding steroid dienone is 1. The Morgan fingerprint density at radius 2 is 1.58 bits per heavy atom. The van der Waals surface area contributed by atoms with Gasteiger partial charge in [0, 0.05) is 25.7 Å². The topological polar surface area (TPSA) is 35.6 Å². The Kier molecular flexibility index (Phi) is 6.45. The summed E-state index contributed by atoms with van der Waals surface area (Å²) in [6.45, 7) is 5.09. The zero-order chi connectivity index (χ0) is 18.2. The number of anilines is 2. The number of likely N-dealkylation sites (tertiary alicyclic amines) is 1. The second-order valence-electron chi connectivity index (χ2n) is 6.60. The molecule has 136 valence electrons. The summed E-state index contributed by atoms with van der Waals surface area (Å²) in [7, 11) is 0. The lowest BCUT2D eigenvalue weighted by atomic mass is 10.1. The van der Waals surface area contributed by atoms with E-state index < -0.39 is 0 Å². The molecule has 1 fully saturated rings. The van der Waals surface area contributed by atoms with Gasteiger partial charge >= 0.3 is 6.03 Å². The van der Waals surface area contributed by atoms with Crippen molar-refractivity contribution < 1.29 is 4.79 Å². The van der Waals surface area contributed by atoms with E-state index in [9.17, 15) is 4.79 Å². The molecule has 0 atom stereocenters. The maximum atomic E-state index is 13.1. The molecule has 1 N–H and O–H groups in total. The van der Waals surface area contributed by atoms with Gasteiger partial charge in [0.15, 0.2) is 0 Å². The Morgan fingerprint density at radius 3 is 2.08 bits per heavy atom. The number of piperidine rings is 1. The van der Waals surface area contributed by atoms with Crippen LogP contribution in [-0.4, -0.2) is 36.6 Å². The molecule has 0 spiro atoms. The minimum atomic E-state index is -0.0608. The highest BCUT2D eigenvalue weighted by Gasteiger charge is 2.24. The fourth-order valence-corrected chi connectivity index (χ4v) is 3.29. The van der Waals surface area contributed by atoms with E-state index in [0.29, 0.717) is 0 Å². The number of rotatable bonds is 5. The Hall–Kier alpha value is -2.59. The van der Waals surface area contributed by atoms with Crippen molar-refractivity contribution in [3.05, 3.63) is 72.8 Å². The van der Waals surface area contributed by atoms with Crippen LogP contribution in [0.15, 0.2) is 72.8 Å². The van der Waals surface area contributed by atoms with Gasteiger partial charge in [0.2, 0.25) is 0 Å². The lowest BCUT2D eigenvalue weighted by molar-refractivity contribution is 0.208. The minimum Gasteiger partial charge on any atom is -0.335 e. The molecule has 1 saturated heterocycles. The summed E-state index contributed by atoms with van der Waals surface area (Å²) in [6.07, 6.45) is 6.25. The normalized spacial score (nSPS) is 15.9. The van der Waals surface area contributed by atoms with Gasteiger partial charge in [0.1, 0.15) is 0 Å². The number of nitrogens with one attached hydrogen (secondary N) is 1. The maximum absolute atomic E-state index is 13.1. The lowest BCUT2D eigenvalue weighted by Gasteiger charge is -2.33. The summed E-state index contributed by atoms with van der Waals surface area (Å²) in [5, 5.41) is 3.23. The molecule has 2 aromatic carbocycles. The van der Waals surface area contributed by atoms with Crippen molar-refractivity contribution in [3.8, 4) is 0 Å². The van der Waals surface area contributed by atoms with E-state index in [4.69, 9.17) is 0 Å². The molecule has 4 nitrogen and oxygen atoms in total. The summed E-state index contributed by atoms with van der Waals surface area (Å²) in [4.78, 5) is 17.2. The van der Waals surface area contributed by atoms with Gasteiger partial charge in [-0.1, -0.05) is 48.6 Å². The van der Waals surface area contributed by atoms with Crippen molar-refractivity contribution in [2.75, 3.05) is 24.5 Å². The molecule has 3 rings (SSSR count). The summed E-state index contributed by atoms with van der Waals surface area (Å²) < 4.78 is 0. The Labute approximate surface area is 156 Å². The van der Waals surface area contributed by atoms with E-state index in [0.717, 1.165) is 43.9 Å². The van der Waals surface area contributed by atoms with Gasteiger partial charge in [0.25, 0.3) is 0 Å². The predicted octanol–water partition coefficient (Wildman–Crippen LogP) is 4.57. The second kappa shape index (κ2) is 9.20. The van der Waals surface area contributed by atoms with Crippen molar-refractivity contribution in [2.45, 2.75) is 25.8 Å². The highest BCUT2D eigenvalue weighted by atomic mass is 16.2. The average molecular weight is 349 g/mol. The molecule has 2 amide bonds. The number of carbonyl (C=O) groups excluding carboxylic acids is 1. The van der Waals surface area contributed by atoms with E-state index in [1.165, 1.54) is 0 Å². The third kappa shape index (κ3) is 4.73. The summed E-state index contributed by atoms with van der Waals surface area (Å²) in [5.41, 5.74) is 1.75. The quantitative estimate of drug-likeness (QED) is 0.802. The summed E-state index contributed by atoms with van der Waals surface area (Å²) in [6, 6.07) is 19.8. The summed E-state index contributed by atoms with van der Waals surface area (Å²) in [5.74, 6) is 0. The number of carbonyl (C=O) groups is 1. The van der Waals surface area contributed by atoms with Gasteiger partial charge in [-0.15, -0.1) is 0 Å². The molecule has 0 bridgehead atoms. The van der Waals surface area contributed by atoms with Crippen LogP contribution in [0, 0.1) is 0 Å². The van der Waals surface area contributed by atoms with E-state index in [1.807, 2.05) is 60.7 Å². The van der Waals surface area contributed by atoms with Crippen LogP contribution in [0.3, 0.4) is 0 Å².